The van der Waals surface area contributed by atoms with E-state index in [9.17, 15) is 43.2 Å². The highest BCUT2D eigenvalue weighted by molar-refractivity contribution is 5.63. The zero-order chi connectivity index (χ0) is 67.1. The van der Waals surface area contributed by atoms with Crippen molar-refractivity contribution >= 4 is 55.4 Å². The molecule has 4 saturated heterocycles. The molecule has 0 aliphatic carbocycles. The Labute approximate surface area is 506 Å². The Bertz CT molecular complexity index is 1220. The monoisotopic (exact) mass is 1290 g/mol. The number of aliphatic hydroxyl groups is 9. The van der Waals surface area contributed by atoms with E-state index in [-0.39, 0.29) is 74.1 Å². The van der Waals surface area contributed by atoms with Gasteiger partial charge in [-0.3, -0.25) is 0 Å². The summed E-state index contributed by atoms with van der Waals surface area (Å²) in [4.78, 5) is 89.9. The molecule has 0 amide bonds. The van der Waals surface area contributed by atoms with Gasteiger partial charge in [-0.05, 0) is 76.2 Å². The summed E-state index contributed by atoms with van der Waals surface area (Å²) in [6, 6.07) is 0. The highest BCUT2D eigenvalue weighted by atomic mass is 16.8. The topological polar surface area (TPSA) is 502 Å². The molecule has 0 aromatic carbocycles. The first kappa shape index (κ1) is 114. The first-order valence-electron chi connectivity index (χ1n) is 24.6. The SMILES string of the molecule is C.C.C.CC(O)CO.CC1COC(=O)O1.CC1COC(=O)O1.CCO.CCOC(=O)OC.CCOC(=O)OCC.CCOC(=O)OCC.CCOC(=O)OCC.CO.CO.COC(=O)OC.O=C1OCCO1.O=C1OCCO1.OCCO.OCCO. The van der Waals surface area contributed by atoms with Crippen LogP contribution in [0.2, 0.25) is 0 Å². The zero-order valence-electron chi connectivity index (χ0n) is 50.7. The van der Waals surface area contributed by atoms with E-state index in [0.29, 0.717) is 85.9 Å². The maximum Gasteiger partial charge on any atom is 0.508 e. The van der Waals surface area contributed by atoms with Gasteiger partial charge in [0.1, 0.15) is 51.8 Å². The van der Waals surface area contributed by atoms with Crippen LogP contribution in [0.5, 0.6) is 0 Å². The van der Waals surface area contributed by atoms with Crippen LogP contribution in [0.15, 0.2) is 0 Å². The molecule has 4 aliphatic rings. The average molecular weight is 1290 g/mol. The Morgan fingerprint density at radius 3 is 0.651 bits per heavy atom. The predicted molar refractivity (Wildman–Crippen MR) is 304 cm³/mol. The van der Waals surface area contributed by atoms with Gasteiger partial charge in [-0.1, -0.05) is 22.3 Å². The molecule has 0 bridgehead atoms. The number of carbonyl (C=O) groups is 9. The van der Waals surface area contributed by atoms with Gasteiger partial charge in [-0.25, -0.2) is 43.2 Å². The highest BCUT2D eigenvalue weighted by Crippen LogP contribution is 2.04. The van der Waals surface area contributed by atoms with Crippen LogP contribution in [0.25, 0.3) is 0 Å². The van der Waals surface area contributed by atoms with Crippen molar-refractivity contribution < 1.29 is 174 Å². The van der Waals surface area contributed by atoms with Crippen molar-refractivity contribution in [2.45, 2.75) is 117 Å². The molecule has 526 valence electrons. The van der Waals surface area contributed by atoms with E-state index in [1.165, 1.54) is 28.3 Å². The van der Waals surface area contributed by atoms with E-state index in [2.05, 4.69) is 85.3 Å². The maximum atomic E-state index is 10.2. The number of hydrogen-bond donors (Lipinski definition) is 9. The second-order valence-corrected chi connectivity index (χ2v) is 12.0. The van der Waals surface area contributed by atoms with Crippen LogP contribution in [0, 0.1) is 0 Å². The van der Waals surface area contributed by atoms with Crippen LogP contribution in [-0.4, -0.2) is 281 Å². The van der Waals surface area contributed by atoms with Crippen LogP contribution in [0.4, 0.5) is 43.2 Å². The fourth-order valence-electron chi connectivity index (χ4n) is 2.51. The molecule has 86 heavy (non-hydrogen) atoms. The Hall–Kier alpha value is -6.93. The molecule has 0 aromatic heterocycles. The molecule has 4 aliphatic heterocycles. The molecule has 4 rings (SSSR count). The van der Waals surface area contributed by atoms with Gasteiger partial charge in [-0.2, -0.15) is 0 Å². The normalized spacial score (nSPS) is 12.8. The van der Waals surface area contributed by atoms with Crippen LogP contribution < -0.4 is 0 Å². The van der Waals surface area contributed by atoms with Gasteiger partial charge in [0, 0.05) is 20.8 Å². The Morgan fingerprint density at radius 2 is 0.593 bits per heavy atom. The number of rotatable bonds is 10. The van der Waals surface area contributed by atoms with Crippen LogP contribution in [-0.2, 0) is 85.3 Å². The molecule has 0 spiro atoms. The van der Waals surface area contributed by atoms with E-state index in [1.807, 2.05) is 0 Å². The molecule has 4 heterocycles. The number of cyclic esters (lactones) is 8. The zero-order valence-corrected chi connectivity index (χ0v) is 50.7. The first-order chi connectivity index (χ1) is 39.4. The minimum absolute atomic E-state index is 0. The standard InChI is InChI=1S/3C5H10O3.2C4H6O3.C4H8O3.2C3H4O3.C3H6O3.C3H8O2.2C2H6O2.C2H6O.2CH4O.3CH4/c3*1-3-7-5(6)8-4-2;2*1-3-2-6-4(5)7-3;1-3-7-4(5)6-2;2*4-3-5-1-2-6-3;1-5-3(4)6-2;1-3(5)2-4;2*3-1-2-4;1-2-3;2*1-2;;;/h3*3-4H2,1-2H3;2*3H,2H2,1H3;3H2,1-2H3;2*1-2H2;1-2H3;3-5H,2H2,1H3;2*3-4H,1-2H2;3H,2H2,1H3;2*2H,1H3;3*1H4. The largest absolute Gasteiger partial charge is 0.508 e. The molecule has 0 saturated carbocycles. The van der Waals surface area contributed by atoms with E-state index < -0.39 is 61.5 Å². The van der Waals surface area contributed by atoms with Gasteiger partial charge in [0.2, 0.25) is 0 Å². The van der Waals surface area contributed by atoms with Crippen molar-refractivity contribution in [3.8, 4) is 0 Å². The molecule has 36 heteroatoms. The summed E-state index contributed by atoms with van der Waals surface area (Å²) in [5.41, 5.74) is 0. The lowest BCUT2D eigenvalue weighted by atomic mass is 10.5. The molecule has 9 N–H and O–H groups in total. The fourth-order valence-corrected chi connectivity index (χ4v) is 2.51. The number of aliphatic hydroxyl groups excluding tert-OH is 9. The van der Waals surface area contributed by atoms with E-state index >= 15 is 0 Å². The smallest absolute Gasteiger partial charge is 0.438 e. The van der Waals surface area contributed by atoms with Gasteiger partial charge < -0.3 is 131 Å². The molecule has 4 fully saturated rings. The molecular formula is C50H110O36. The molecule has 0 aromatic rings. The molecule has 0 radical (unpaired) electrons. The lowest BCUT2D eigenvalue weighted by Crippen LogP contribution is -2.05. The predicted octanol–water partition coefficient (Wildman–Crippen LogP) is 4.54. The number of hydrogen-bond acceptors (Lipinski definition) is 36. The fraction of sp³-hybridized carbons (Fsp3) is 0.820. The second kappa shape index (κ2) is 106. The van der Waals surface area contributed by atoms with E-state index in [1.54, 1.807) is 69.2 Å². The number of methoxy groups -OCH3 is 3. The highest BCUT2D eigenvalue weighted by Gasteiger charge is 2.20. The third kappa shape index (κ3) is 142. The minimum Gasteiger partial charge on any atom is -0.438 e. The van der Waals surface area contributed by atoms with Crippen molar-refractivity contribution in [1.29, 1.82) is 0 Å². The Kier molecular flexibility index (Phi) is 141. The van der Waals surface area contributed by atoms with Gasteiger partial charge in [0.05, 0.1) is 107 Å². The van der Waals surface area contributed by atoms with E-state index in [0.717, 1.165) is 14.2 Å². The Balaban J connectivity index is -0.0000000543. The molecule has 3 atom stereocenters. The van der Waals surface area contributed by atoms with Crippen LogP contribution in [0.1, 0.15) is 98.4 Å². The summed E-state index contributed by atoms with van der Waals surface area (Å²) in [5, 5.41) is 68.1. The second-order valence-electron chi connectivity index (χ2n) is 12.0. The lowest BCUT2D eigenvalue weighted by Gasteiger charge is -1.98. The maximum absolute atomic E-state index is 10.2. The van der Waals surface area contributed by atoms with Gasteiger partial charge in [-0.15, -0.1) is 0 Å². The van der Waals surface area contributed by atoms with Crippen molar-refractivity contribution in [3.63, 3.8) is 0 Å². The third-order valence-corrected chi connectivity index (χ3v) is 5.31. The number of carbonyl (C=O) groups excluding carboxylic acids is 9. The van der Waals surface area contributed by atoms with Crippen molar-refractivity contribution in [3.05, 3.63) is 0 Å². The van der Waals surface area contributed by atoms with Gasteiger partial charge in [0.25, 0.3) is 0 Å². The quantitative estimate of drug-likeness (QED) is 0.107. The summed E-state index contributed by atoms with van der Waals surface area (Å²) in [6.07, 6.45) is -5.89. The Morgan fingerprint density at radius 1 is 0.407 bits per heavy atom. The molecule has 36 nitrogen and oxygen atoms in total. The lowest BCUT2D eigenvalue weighted by molar-refractivity contribution is 0.0620. The third-order valence-electron chi connectivity index (χ3n) is 5.31. The average Bonchev–Trinajstić information content (AvgIpc) is 4.33. The van der Waals surface area contributed by atoms with Crippen LogP contribution in [0.3, 0.4) is 0 Å². The van der Waals surface area contributed by atoms with Crippen molar-refractivity contribution in [2.75, 3.05) is 161 Å². The minimum atomic E-state index is -0.657. The molecule has 3 unspecified atom stereocenters. The van der Waals surface area contributed by atoms with Crippen molar-refractivity contribution in [2.24, 2.45) is 0 Å². The molecular weight excluding hydrogens is 1180 g/mol. The summed E-state index contributed by atoms with van der Waals surface area (Å²) in [5.74, 6) is 0. The van der Waals surface area contributed by atoms with Gasteiger partial charge >= 0.3 is 55.4 Å². The van der Waals surface area contributed by atoms with E-state index in [4.69, 9.17) is 46.0 Å². The van der Waals surface area contributed by atoms with Gasteiger partial charge in [0.15, 0.2) is 0 Å². The summed E-state index contributed by atoms with van der Waals surface area (Å²) in [7, 11) is 5.79. The number of ether oxygens (including phenoxy) is 18. The van der Waals surface area contributed by atoms with Crippen LogP contribution >= 0.6 is 0 Å². The first-order valence-corrected chi connectivity index (χ1v) is 24.6. The summed E-state index contributed by atoms with van der Waals surface area (Å²) >= 11 is 0. The summed E-state index contributed by atoms with van der Waals surface area (Å²) in [6.45, 7) is 23.6. The van der Waals surface area contributed by atoms with Crippen molar-refractivity contribution in [1.82, 2.24) is 0 Å². The summed E-state index contributed by atoms with van der Waals surface area (Å²) < 4.78 is 78.0.